The Labute approximate surface area is 432 Å². The van der Waals surface area contributed by atoms with E-state index in [0.717, 1.165) is 44.1 Å². The van der Waals surface area contributed by atoms with E-state index < -0.39 is 55.1 Å². The van der Waals surface area contributed by atoms with Crippen molar-refractivity contribution < 1.29 is 44.3 Å². The fourth-order valence-corrected chi connectivity index (χ4v) is 10.0. The maximum Gasteiger partial charge on any atom is 0.303 e. The van der Waals surface area contributed by atoms with Crippen molar-refractivity contribution in [2.75, 3.05) is 13.2 Å². The van der Waals surface area contributed by atoms with Gasteiger partial charge in [-0.25, -0.2) is 0 Å². The first kappa shape index (κ1) is 64.1. The van der Waals surface area contributed by atoms with Crippen LogP contribution < -0.4 is 10.6 Å². The highest BCUT2D eigenvalue weighted by atomic mass is 16.5. The van der Waals surface area contributed by atoms with Crippen molar-refractivity contribution in [1.29, 1.82) is 0 Å². The maximum atomic E-state index is 14.3. The number of carboxylic acid groups (broad SMARTS) is 1. The molecule has 0 unspecified atom stereocenters. The number of carboxylic acids is 1. The van der Waals surface area contributed by atoms with Crippen LogP contribution in [0.3, 0.4) is 0 Å². The number of benzene rings is 1. The van der Waals surface area contributed by atoms with Gasteiger partial charge in [-0.2, -0.15) is 0 Å². The lowest BCUT2D eigenvalue weighted by atomic mass is 9.94. The third-order valence-corrected chi connectivity index (χ3v) is 14.6. The van der Waals surface area contributed by atoms with Gasteiger partial charge < -0.3 is 40.7 Å². The summed E-state index contributed by atoms with van der Waals surface area (Å²) in [6.45, 7) is 4.27. The Bertz CT molecular complexity index is 1470. The number of aliphatic hydroxyl groups excluding tert-OH is 3. The van der Waals surface area contributed by atoms with E-state index in [0.29, 0.717) is 45.1 Å². The molecule has 410 valence electrons. The zero-order chi connectivity index (χ0) is 51.6. The first-order valence-electron chi connectivity index (χ1n) is 29.4. The predicted molar refractivity (Wildman–Crippen MR) is 288 cm³/mol. The molecule has 12 nitrogen and oxygen atoms in total. The number of hydrogen-bond acceptors (Lipinski definition) is 8. The number of aliphatic hydroxyl groups is 3. The summed E-state index contributed by atoms with van der Waals surface area (Å²) in [5.74, 6) is -1.92. The fraction of sp³-hybridized carbons (Fsp3) is 0.831. The molecular weight excluding hydrogens is 895 g/mol. The number of nitrogens with zero attached hydrogens (tertiary/aromatic N) is 1. The molecule has 0 aliphatic carbocycles. The Hall–Kier alpha value is -3.06. The summed E-state index contributed by atoms with van der Waals surface area (Å²) in [5, 5.41) is 47.9. The second-order valence-corrected chi connectivity index (χ2v) is 21.0. The molecule has 1 fully saturated rings. The minimum Gasteiger partial charge on any atom is -0.481 e. The van der Waals surface area contributed by atoms with Crippen LogP contribution in [-0.2, 0) is 30.3 Å². The van der Waals surface area contributed by atoms with Gasteiger partial charge in [0.25, 0.3) is 0 Å². The van der Waals surface area contributed by atoms with Crippen molar-refractivity contribution in [3.8, 4) is 0 Å². The second-order valence-electron chi connectivity index (χ2n) is 21.0. The zero-order valence-corrected chi connectivity index (χ0v) is 45.1. The molecule has 6 atom stereocenters. The van der Waals surface area contributed by atoms with Crippen molar-refractivity contribution in [3.63, 3.8) is 0 Å². The summed E-state index contributed by atoms with van der Waals surface area (Å²) in [5.41, 5.74) is 0.808. The molecule has 1 aliphatic heterocycles. The molecule has 0 bridgehead atoms. The summed E-state index contributed by atoms with van der Waals surface area (Å²) in [4.78, 5) is 54.5. The number of rotatable bonds is 47. The van der Waals surface area contributed by atoms with Crippen LogP contribution in [0.4, 0.5) is 0 Å². The van der Waals surface area contributed by atoms with E-state index in [1.54, 1.807) is 4.90 Å². The van der Waals surface area contributed by atoms with Crippen molar-refractivity contribution in [2.24, 2.45) is 0 Å². The van der Waals surface area contributed by atoms with Gasteiger partial charge in [-0.05, 0) is 31.2 Å². The smallest absolute Gasteiger partial charge is 0.303 e. The Morgan fingerprint density at radius 2 is 0.958 bits per heavy atom. The normalized spacial score (nSPS) is 18.3. The van der Waals surface area contributed by atoms with Crippen LogP contribution >= 0.6 is 0 Å². The number of nitrogens with one attached hydrogen (secondary N) is 2. The highest BCUT2D eigenvalue weighted by molar-refractivity contribution is 5.88. The number of aliphatic carboxylic acids is 1. The van der Waals surface area contributed by atoms with E-state index in [2.05, 4.69) is 24.5 Å². The van der Waals surface area contributed by atoms with Crippen LogP contribution in [0.1, 0.15) is 263 Å². The van der Waals surface area contributed by atoms with Crippen molar-refractivity contribution in [2.45, 2.75) is 301 Å². The minimum absolute atomic E-state index is 0.0824. The van der Waals surface area contributed by atoms with Gasteiger partial charge in [0.05, 0.1) is 6.61 Å². The Morgan fingerprint density at radius 3 is 1.39 bits per heavy atom. The monoisotopic (exact) mass is 1000 g/mol. The standard InChI is InChI=1S/C59H105N3O9/c1-3-5-7-9-11-13-15-17-19-21-23-25-27-29-33-40-46-62(53(65)44-38-30-28-26-24-22-20-18-16-14-12-10-8-6-4-2)59-55(57(69)56(68)51(48-63)71-59)61-58(70)50(47-49-41-35-34-36-42-49)60-52(64)43-37-31-32-39-45-54(66)67/h34-36,41-42,50-51,55-57,59,63,68-69H,3-33,37-40,43-48H2,1-2H3,(H,60,64)(H,61,70)(H,66,67)/t50-,51+,55-,56+,57+,59+/m0/s1. The quantitative estimate of drug-likeness (QED) is 0.0346. The van der Waals surface area contributed by atoms with E-state index >= 15 is 0 Å². The maximum absolute atomic E-state index is 14.3. The van der Waals surface area contributed by atoms with E-state index in [-0.39, 0.29) is 37.5 Å². The number of amides is 3. The van der Waals surface area contributed by atoms with Crippen LogP contribution in [0, 0.1) is 0 Å². The summed E-state index contributed by atoms with van der Waals surface area (Å²) in [6.07, 6.45) is 35.5. The molecule has 0 radical (unpaired) electrons. The van der Waals surface area contributed by atoms with Gasteiger partial charge in [0.1, 0.15) is 30.4 Å². The van der Waals surface area contributed by atoms with E-state index in [9.17, 15) is 34.5 Å². The first-order valence-corrected chi connectivity index (χ1v) is 29.4. The van der Waals surface area contributed by atoms with Gasteiger partial charge in [-0.15, -0.1) is 0 Å². The topological polar surface area (TPSA) is 186 Å². The number of ether oxygens (including phenoxy) is 1. The van der Waals surface area contributed by atoms with Gasteiger partial charge in [0.2, 0.25) is 17.7 Å². The average molecular weight is 1000 g/mol. The van der Waals surface area contributed by atoms with E-state index in [1.165, 1.54) is 148 Å². The lowest BCUT2D eigenvalue weighted by Crippen LogP contribution is -2.70. The summed E-state index contributed by atoms with van der Waals surface area (Å²) in [7, 11) is 0. The van der Waals surface area contributed by atoms with Crippen LogP contribution in [0.15, 0.2) is 30.3 Å². The van der Waals surface area contributed by atoms with Gasteiger partial charge >= 0.3 is 5.97 Å². The van der Waals surface area contributed by atoms with Crippen molar-refractivity contribution >= 4 is 23.7 Å². The van der Waals surface area contributed by atoms with E-state index in [1.807, 2.05) is 30.3 Å². The summed E-state index contributed by atoms with van der Waals surface area (Å²) < 4.78 is 6.31. The molecule has 0 spiro atoms. The molecule has 71 heavy (non-hydrogen) atoms. The van der Waals surface area contributed by atoms with Gasteiger partial charge in [-0.1, -0.05) is 243 Å². The van der Waals surface area contributed by atoms with Crippen LogP contribution in [0.5, 0.6) is 0 Å². The third-order valence-electron chi connectivity index (χ3n) is 14.6. The minimum atomic E-state index is -1.57. The summed E-state index contributed by atoms with van der Waals surface area (Å²) >= 11 is 0. The molecule has 6 N–H and O–H groups in total. The molecule has 1 aromatic carbocycles. The zero-order valence-electron chi connectivity index (χ0n) is 45.1. The molecular formula is C59H105N3O9. The molecule has 3 amide bonds. The molecule has 1 aromatic rings. The largest absolute Gasteiger partial charge is 0.481 e. The van der Waals surface area contributed by atoms with Crippen LogP contribution in [-0.4, -0.2) is 98.8 Å². The Morgan fingerprint density at radius 1 is 0.549 bits per heavy atom. The average Bonchev–Trinajstić information content (AvgIpc) is 3.36. The highest BCUT2D eigenvalue weighted by Crippen LogP contribution is 2.27. The lowest BCUT2D eigenvalue weighted by Gasteiger charge is -2.47. The van der Waals surface area contributed by atoms with Gasteiger partial charge in [0, 0.05) is 32.2 Å². The molecule has 1 aliphatic rings. The number of carbonyl (C=O) groups is 4. The fourth-order valence-electron chi connectivity index (χ4n) is 10.0. The second kappa shape index (κ2) is 43.4. The van der Waals surface area contributed by atoms with Gasteiger partial charge in [-0.3, -0.25) is 19.2 Å². The molecule has 0 saturated carbocycles. The molecule has 0 aromatic heterocycles. The number of carbonyl (C=O) groups excluding carboxylic acids is 3. The van der Waals surface area contributed by atoms with Crippen molar-refractivity contribution in [3.05, 3.63) is 35.9 Å². The first-order chi connectivity index (χ1) is 34.6. The van der Waals surface area contributed by atoms with Gasteiger partial charge in [0.15, 0.2) is 6.23 Å². The predicted octanol–water partition coefficient (Wildman–Crippen LogP) is 12.4. The highest BCUT2D eigenvalue weighted by Gasteiger charge is 2.48. The number of unbranched alkanes of at least 4 members (excludes halogenated alkanes) is 32. The molecule has 1 heterocycles. The van der Waals surface area contributed by atoms with Crippen molar-refractivity contribution in [1.82, 2.24) is 15.5 Å². The van der Waals surface area contributed by atoms with Crippen LogP contribution in [0.25, 0.3) is 0 Å². The van der Waals surface area contributed by atoms with E-state index in [4.69, 9.17) is 9.84 Å². The lowest BCUT2D eigenvalue weighted by molar-refractivity contribution is -0.231. The molecule has 2 rings (SSSR count). The Kier molecular flexibility index (Phi) is 39.1. The summed E-state index contributed by atoms with van der Waals surface area (Å²) in [6, 6.07) is 7.02. The molecule has 1 saturated heterocycles. The van der Waals surface area contributed by atoms with Crippen LogP contribution in [0.2, 0.25) is 0 Å². The SMILES string of the molecule is CCCCCCCCCCCCCCCCCCN(C(=O)CCCCCCCCCCCCCCCCC)[C@@H]1O[C@H](CO)[C@@H](O)[C@H](O)[C@@H]1NC(=O)[C@H](Cc1ccccc1)NC(=O)CCCCCCC(=O)O. The molecule has 12 heteroatoms. The number of hydrogen-bond donors (Lipinski definition) is 6. The Balaban J connectivity index is 2.08. The third kappa shape index (κ3) is 31.3.